The first-order valence-electron chi connectivity index (χ1n) is 7.67. The van der Waals surface area contributed by atoms with E-state index in [-0.39, 0.29) is 18.7 Å². The number of rotatable bonds is 3. The van der Waals surface area contributed by atoms with Gasteiger partial charge in [-0.1, -0.05) is 6.07 Å². The highest BCUT2D eigenvalue weighted by atomic mass is 16.2. The Hall–Kier alpha value is -2.70. The first kappa shape index (κ1) is 13.9. The van der Waals surface area contributed by atoms with Crippen LogP contribution in [0, 0.1) is 0 Å². The molecule has 4 rings (SSSR count). The second-order valence-corrected chi connectivity index (χ2v) is 6.09. The van der Waals surface area contributed by atoms with Crippen LogP contribution in [0.15, 0.2) is 18.2 Å². The van der Waals surface area contributed by atoms with E-state index in [2.05, 4.69) is 10.6 Å². The van der Waals surface area contributed by atoms with E-state index < -0.39 is 23.8 Å². The number of amides is 4. The Bertz CT molecular complexity index is 754. The normalized spacial score (nSPS) is 23.8. The van der Waals surface area contributed by atoms with Gasteiger partial charge in [0.2, 0.25) is 11.8 Å². The summed E-state index contributed by atoms with van der Waals surface area (Å²) in [4.78, 5) is 49.6. The molecule has 1 aromatic rings. The quantitative estimate of drug-likeness (QED) is 0.799. The van der Waals surface area contributed by atoms with Gasteiger partial charge in [0.05, 0.1) is 11.1 Å². The van der Waals surface area contributed by atoms with Crippen LogP contribution in [0.3, 0.4) is 0 Å². The van der Waals surface area contributed by atoms with E-state index in [0.29, 0.717) is 22.9 Å². The molecule has 2 fully saturated rings. The molecule has 0 radical (unpaired) electrons. The zero-order chi connectivity index (χ0) is 16.1. The summed E-state index contributed by atoms with van der Waals surface area (Å²) in [6.45, 7) is 0. The Labute approximate surface area is 132 Å². The molecule has 0 spiro atoms. The van der Waals surface area contributed by atoms with Crippen molar-refractivity contribution in [2.45, 2.75) is 37.8 Å². The van der Waals surface area contributed by atoms with Crippen LogP contribution in [0.25, 0.3) is 0 Å². The molecule has 4 amide bonds. The molecule has 1 saturated carbocycles. The van der Waals surface area contributed by atoms with Gasteiger partial charge in [0, 0.05) is 18.2 Å². The molecule has 7 heteroatoms. The lowest BCUT2D eigenvalue weighted by atomic mass is 10.0. The molecular formula is C16H15N3O4. The van der Waals surface area contributed by atoms with Crippen molar-refractivity contribution < 1.29 is 19.2 Å². The standard InChI is InChI=1S/C16H15N3O4/c20-12-7-6-11(14(21)18-12)19-15(22)9-2-1-3-10(13(9)16(19)23)17-8-4-5-8/h1-3,8,11,17H,4-7H2,(H,18,20,21). The Balaban J connectivity index is 1.69. The first-order chi connectivity index (χ1) is 11.1. The van der Waals surface area contributed by atoms with Gasteiger partial charge in [-0.25, -0.2) is 0 Å². The number of imide groups is 2. The number of carbonyl (C=O) groups is 4. The van der Waals surface area contributed by atoms with Crippen LogP contribution < -0.4 is 10.6 Å². The van der Waals surface area contributed by atoms with Crippen LogP contribution in [0.2, 0.25) is 0 Å². The van der Waals surface area contributed by atoms with E-state index in [1.807, 2.05) is 0 Å². The summed E-state index contributed by atoms with van der Waals surface area (Å²) in [7, 11) is 0. The number of benzene rings is 1. The molecule has 1 aromatic carbocycles. The predicted molar refractivity (Wildman–Crippen MR) is 79.8 cm³/mol. The Morgan fingerprint density at radius 2 is 1.83 bits per heavy atom. The molecule has 1 unspecified atom stereocenters. The second-order valence-electron chi connectivity index (χ2n) is 6.09. The smallest absolute Gasteiger partial charge is 0.264 e. The van der Waals surface area contributed by atoms with Crippen LogP contribution in [-0.2, 0) is 9.59 Å². The van der Waals surface area contributed by atoms with E-state index >= 15 is 0 Å². The lowest BCUT2D eigenvalue weighted by Crippen LogP contribution is -2.54. The van der Waals surface area contributed by atoms with Crippen molar-refractivity contribution in [3.8, 4) is 0 Å². The minimum Gasteiger partial charge on any atom is -0.382 e. The lowest BCUT2D eigenvalue weighted by molar-refractivity contribution is -0.136. The fraction of sp³-hybridized carbons (Fsp3) is 0.375. The maximum atomic E-state index is 12.8. The summed E-state index contributed by atoms with van der Waals surface area (Å²) < 4.78 is 0. The van der Waals surface area contributed by atoms with Gasteiger partial charge in [0.1, 0.15) is 6.04 Å². The molecule has 1 atom stereocenters. The summed E-state index contributed by atoms with van der Waals surface area (Å²) in [5.41, 5.74) is 1.28. The van der Waals surface area contributed by atoms with E-state index in [1.54, 1.807) is 18.2 Å². The third-order valence-corrected chi connectivity index (χ3v) is 4.41. The van der Waals surface area contributed by atoms with Crippen molar-refractivity contribution in [2.75, 3.05) is 5.32 Å². The van der Waals surface area contributed by atoms with Crippen molar-refractivity contribution in [2.24, 2.45) is 0 Å². The van der Waals surface area contributed by atoms with Gasteiger partial charge in [0.25, 0.3) is 11.8 Å². The maximum absolute atomic E-state index is 12.8. The second kappa shape index (κ2) is 4.91. The average Bonchev–Trinajstić information content (AvgIpc) is 3.29. The summed E-state index contributed by atoms with van der Waals surface area (Å²) in [6, 6.07) is 4.52. The summed E-state index contributed by atoms with van der Waals surface area (Å²) in [6.07, 6.45) is 2.38. The van der Waals surface area contributed by atoms with E-state index in [0.717, 1.165) is 17.7 Å². The van der Waals surface area contributed by atoms with Crippen LogP contribution in [0.4, 0.5) is 5.69 Å². The molecule has 0 aromatic heterocycles. The number of fused-ring (bicyclic) bond motifs is 1. The Morgan fingerprint density at radius 3 is 2.52 bits per heavy atom. The molecule has 118 valence electrons. The number of carbonyl (C=O) groups excluding carboxylic acids is 4. The molecular weight excluding hydrogens is 298 g/mol. The molecule has 7 nitrogen and oxygen atoms in total. The van der Waals surface area contributed by atoms with Gasteiger partial charge in [0.15, 0.2) is 0 Å². The lowest BCUT2D eigenvalue weighted by Gasteiger charge is -2.27. The fourth-order valence-corrected chi connectivity index (χ4v) is 3.08. The number of nitrogens with one attached hydrogen (secondary N) is 2. The number of hydrogen-bond acceptors (Lipinski definition) is 5. The maximum Gasteiger partial charge on any atom is 0.264 e. The summed E-state index contributed by atoms with van der Waals surface area (Å²) in [5, 5.41) is 5.45. The topological polar surface area (TPSA) is 95.6 Å². The first-order valence-corrected chi connectivity index (χ1v) is 7.67. The molecule has 2 aliphatic heterocycles. The van der Waals surface area contributed by atoms with E-state index in [4.69, 9.17) is 0 Å². The van der Waals surface area contributed by atoms with Gasteiger partial charge in [-0.3, -0.25) is 29.4 Å². The largest absolute Gasteiger partial charge is 0.382 e. The van der Waals surface area contributed by atoms with Crippen LogP contribution >= 0.6 is 0 Å². The molecule has 2 heterocycles. The van der Waals surface area contributed by atoms with E-state index in [1.165, 1.54) is 0 Å². The fourth-order valence-electron chi connectivity index (χ4n) is 3.08. The average molecular weight is 313 g/mol. The minimum atomic E-state index is -0.922. The Kier molecular flexibility index (Phi) is 2.97. The molecule has 1 aliphatic carbocycles. The van der Waals surface area contributed by atoms with Gasteiger partial charge in [-0.05, 0) is 31.4 Å². The summed E-state index contributed by atoms with van der Waals surface area (Å²) >= 11 is 0. The third kappa shape index (κ3) is 2.19. The molecule has 1 saturated heterocycles. The van der Waals surface area contributed by atoms with Crippen molar-refractivity contribution in [3.63, 3.8) is 0 Å². The predicted octanol–water partition coefficient (Wildman–Crippen LogP) is 0.662. The molecule has 0 bridgehead atoms. The highest BCUT2D eigenvalue weighted by Gasteiger charge is 2.45. The van der Waals surface area contributed by atoms with Gasteiger partial charge in [-0.2, -0.15) is 0 Å². The van der Waals surface area contributed by atoms with Crippen molar-refractivity contribution >= 4 is 29.3 Å². The van der Waals surface area contributed by atoms with Crippen LogP contribution in [0.1, 0.15) is 46.4 Å². The minimum absolute atomic E-state index is 0.122. The number of hydrogen-bond donors (Lipinski definition) is 2. The van der Waals surface area contributed by atoms with Crippen LogP contribution in [0.5, 0.6) is 0 Å². The summed E-state index contributed by atoms with van der Waals surface area (Å²) in [5.74, 6) is -1.91. The third-order valence-electron chi connectivity index (χ3n) is 4.41. The number of piperidine rings is 1. The van der Waals surface area contributed by atoms with Crippen molar-refractivity contribution in [3.05, 3.63) is 29.3 Å². The molecule has 2 N–H and O–H groups in total. The van der Waals surface area contributed by atoms with Gasteiger partial charge < -0.3 is 5.32 Å². The van der Waals surface area contributed by atoms with Crippen molar-refractivity contribution in [1.82, 2.24) is 10.2 Å². The molecule has 23 heavy (non-hydrogen) atoms. The number of anilines is 1. The zero-order valence-corrected chi connectivity index (χ0v) is 12.3. The highest BCUT2D eigenvalue weighted by Crippen LogP contribution is 2.34. The van der Waals surface area contributed by atoms with E-state index in [9.17, 15) is 19.2 Å². The van der Waals surface area contributed by atoms with Gasteiger partial charge >= 0.3 is 0 Å². The Morgan fingerprint density at radius 1 is 1.04 bits per heavy atom. The zero-order valence-electron chi connectivity index (χ0n) is 12.3. The number of nitrogens with zero attached hydrogens (tertiary/aromatic N) is 1. The SMILES string of the molecule is O=C1CCC(N2C(=O)c3cccc(NC4CC4)c3C2=O)C(=O)N1. The highest BCUT2D eigenvalue weighted by molar-refractivity contribution is 6.25. The van der Waals surface area contributed by atoms with Crippen molar-refractivity contribution in [1.29, 1.82) is 0 Å². The van der Waals surface area contributed by atoms with Crippen LogP contribution in [-0.4, -0.2) is 40.6 Å². The van der Waals surface area contributed by atoms with Gasteiger partial charge in [-0.15, -0.1) is 0 Å². The monoisotopic (exact) mass is 313 g/mol. The molecule has 3 aliphatic rings.